The van der Waals surface area contributed by atoms with Crippen LogP contribution < -0.4 is 20.1 Å². The van der Waals surface area contributed by atoms with Crippen LogP contribution in [0.5, 0.6) is 6.01 Å². The van der Waals surface area contributed by atoms with Crippen molar-refractivity contribution in [3.05, 3.63) is 22.1 Å². The molecule has 36 heavy (non-hydrogen) atoms. The Balaban J connectivity index is 0.000000948. The number of amides is 2. The summed E-state index contributed by atoms with van der Waals surface area (Å²) in [7, 11) is -5.95. The van der Waals surface area contributed by atoms with Gasteiger partial charge in [-0.3, -0.25) is 20.0 Å². The number of carboxylic acid groups (broad SMARTS) is 1. The van der Waals surface area contributed by atoms with Crippen molar-refractivity contribution < 1.29 is 51.7 Å². The number of esters is 1. The number of ether oxygens (including phenoxy) is 2. The molecule has 2 aromatic rings. The number of urea groups is 1. The van der Waals surface area contributed by atoms with Gasteiger partial charge in [0.1, 0.15) is 15.6 Å². The van der Waals surface area contributed by atoms with Crippen molar-refractivity contribution in [1.82, 2.24) is 25.0 Å². The third-order valence-electron chi connectivity index (χ3n) is 3.25. The number of aromatic nitrogens is 3. The second-order valence-electron chi connectivity index (χ2n) is 6.00. The van der Waals surface area contributed by atoms with E-state index >= 15 is 0 Å². The number of thiophene rings is 1. The molecule has 0 aromatic carbocycles. The second kappa shape index (κ2) is 15.6. The van der Waals surface area contributed by atoms with Gasteiger partial charge in [-0.05, 0) is 18.4 Å². The molecule has 0 aliphatic heterocycles. The minimum atomic E-state index is -4.30. The Labute approximate surface area is 251 Å². The third kappa shape index (κ3) is 12.6. The summed E-state index contributed by atoms with van der Waals surface area (Å²) in [5.41, 5.74) is 0. The van der Waals surface area contributed by atoms with Crippen LogP contribution in [-0.4, -0.2) is 135 Å². The van der Waals surface area contributed by atoms with E-state index in [1.807, 2.05) is 0 Å². The molecular weight excluding hydrogens is 574 g/mol. The summed E-state index contributed by atoms with van der Waals surface area (Å²) in [5.74, 6) is -1.91. The van der Waals surface area contributed by atoms with Gasteiger partial charge in [0.2, 0.25) is 5.95 Å². The van der Waals surface area contributed by atoms with Crippen LogP contribution in [0.4, 0.5) is 10.7 Å². The van der Waals surface area contributed by atoms with Crippen molar-refractivity contribution in [1.29, 1.82) is 0 Å². The van der Waals surface area contributed by atoms with E-state index in [-0.39, 0.29) is 78.9 Å². The number of sulfonamides is 1. The zero-order valence-electron chi connectivity index (χ0n) is 18.3. The maximum absolute atomic E-state index is 12.3. The Morgan fingerprint density at radius 2 is 1.81 bits per heavy atom. The van der Waals surface area contributed by atoms with Crippen molar-refractivity contribution in [3.8, 4) is 6.01 Å². The van der Waals surface area contributed by atoms with Gasteiger partial charge in [-0.1, -0.05) is 0 Å². The van der Waals surface area contributed by atoms with E-state index in [1.165, 1.54) is 25.5 Å². The molecule has 2 heterocycles. The number of anilines is 1. The fourth-order valence-electron chi connectivity index (χ4n) is 1.97. The Morgan fingerprint density at radius 1 is 1.17 bits per heavy atom. The molecule has 196 valence electrons. The molecule has 0 radical (unpaired) electrons. The van der Waals surface area contributed by atoms with Gasteiger partial charge in [-0.25, -0.2) is 22.7 Å². The summed E-state index contributed by atoms with van der Waals surface area (Å²) in [5, 5.41) is 13.6. The van der Waals surface area contributed by atoms with Gasteiger partial charge in [-0.2, -0.15) is 15.0 Å². The predicted octanol–water partition coefficient (Wildman–Crippen LogP) is -1.31. The maximum atomic E-state index is 12.3. The molecule has 0 fully saturated rings. The second-order valence-corrected chi connectivity index (χ2v) is 10.2. The summed E-state index contributed by atoms with van der Waals surface area (Å²) < 4.78 is 45.7. The van der Waals surface area contributed by atoms with Crippen molar-refractivity contribution in [2.24, 2.45) is 0 Å². The van der Waals surface area contributed by atoms with Gasteiger partial charge >= 0.3 is 83.0 Å². The molecule has 17 nitrogen and oxygen atoms in total. The number of nitrogens with one attached hydrogen (secondary N) is 3. The van der Waals surface area contributed by atoms with Gasteiger partial charge in [0.15, 0.2) is 0 Å². The first-order valence-electron chi connectivity index (χ1n) is 8.92. The van der Waals surface area contributed by atoms with Crippen LogP contribution in [0.3, 0.4) is 0 Å². The summed E-state index contributed by atoms with van der Waals surface area (Å²) >= 11 is 0.872. The Hall–Kier alpha value is -1.58. The Morgan fingerprint density at radius 3 is 2.33 bits per heavy atom. The monoisotopic (exact) mass is 596 g/mol. The SMILES string of the molecule is COC(=O)c1sccc1S(=O)(=O)NC(=O)Nc1nc(C)nc(OC)n1.O=C(O)CNCP(=O)(O)O.[KH]. The first-order chi connectivity index (χ1) is 16.2. The van der Waals surface area contributed by atoms with Gasteiger partial charge in [-0.15, -0.1) is 11.3 Å². The average molecular weight is 597 g/mol. The van der Waals surface area contributed by atoms with E-state index in [2.05, 4.69) is 30.3 Å². The summed E-state index contributed by atoms with van der Waals surface area (Å²) in [6, 6.07) is 0.0222. The first kappa shape index (κ1) is 34.4. The molecule has 0 atom stereocenters. The van der Waals surface area contributed by atoms with E-state index in [4.69, 9.17) is 19.6 Å². The first-order valence-corrected chi connectivity index (χ1v) is 13.1. The fraction of sp³-hybridized carbons (Fsp3) is 0.333. The normalized spacial score (nSPS) is 10.7. The third-order valence-corrected chi connectivity index (χ3v) is 6.28. The molecule has 0 saturated carbocycles. The van der Waals surface area contributed by atoms with E-state index in [9.17, 15) is 27.4 Å². The molecule has 0 unspecified atom stereocenters. The van der Waals surface area contributed by atoms with Crippen LogP contribution in [0.15, 0.2) is 16.3 Å². The summed E-state index contributed by atoms with van der Waals surface area (Å²) in [4.78, 5) is 60.6. The quantitative estimate of drug-likeness (QED) is 0.112. The Bertz CT molecular complexity index is 1220. The van der Waals surface area contributed by atoms with Crippen molar-refractivity contribution in [2.75, 3.05) is 32.4 Å². The standard InChI is InChI=1S/C12H13N5O6S2.C3H8NO5P.K.H/c1-6-13-10(16-12(14-6)23-3)15-11(19)17-25(20,21)7-4-5-24-8(7)9(18)22-2;5-3(6)1-4-2-10(7,8)9;;/h4-5H,1-3H3,(H2,13,14,15,16,17,19);4H,1-2H2,(H,5,6)(H2,7,8,9);;. The molecule has 0 aliphatic carbocycles. The number of hydrogen-bond donors (Lipinski definition) is 6. The van der Waals surface area contributed by atoms with E-state index in [0.29, 0.717) is 0 Å². The van der Waals surface area contributed by atoms with Crippen LogP contribution in [0, 0.1) is 6.92 Å². The van der Waals surface area contributed by atoms with Crippen molar-refractivity contribution >= 4 is 104 Å². The minimum absolute atomic E-state index is 0. The average Bonchev–Trinajstić information content (AvgIpc) is 3.22. The molecule has 0 bridgehead atoms. The van der Waals surface area contributed by atoms with Crippen LogP contribution in [0.2, 0.25) is 0 Å². The predicted molar refractivity (Wildman–Crippen MR) is 126 cm³/mol. The Kier molecular flexibility index (Phi) is 14.9. The van der Waals surface area contributed by atoms with Crippen LogP contribution in [0.25, 0.3) is 0 Å². The molecule has 2 rings (SSSR count). The molecule has 0 aliphatic rings. The van der Waals surface area contributed by atoms with E-state index < -0.39 is 48.4 Å². The summed E-state index contributed by atoms with van der Waals surface area (Å²) in [6.45, 7) is 1.10. The van der Waals surface area contributed by atoms with Crippen molar-refractivity contribution in [2.45, 2.75) is 11.8 Å². The number of rotatable bonds is 9. The molecule has 2 amide bonds. The number of aryl methyl sites for hydroxylation is 1. The van der Waals surface area contributed by atoms with Gasteiger partial charge in [0.25, 0.3) is 10.0 Å². The van der Waals surface area contributed by atoms with E-state index in [1.54, 1.807) is 4.72 Å². The molecule has 2 aromatic heterocycles. The van der Waals surface area contributed by atoms with Crippen molar-refractivity contribution in [3.63, 3.8) is 0 Å². The van der Waals surface area contributed by atoms with Crippen LogP contribution in [0.1, 0.15) is 15.5 Å². The molecule has 0 saturated heterocycles. The van der Waals surface area contributed by atoms with Gasteiger partial charge < -0.3 is 24.4 Å². The molecular formula is C15H22KN6O11PS2. The van der Waals surface area contributed by atoms with Gasteiger partial charge in [0, 0.05) is 0 Å². The van der Waals surface area contributed by atoms with Gasteiger partial charge in [0.05, 0.1) is 27.1 Å². The molecule has 21 heteroatoms. The zero-order valence-corrected chi connectivity index (χ0v) is 20.8. The van der Waals surface area contributed by atoms with E-state index in [0.717, 1.165) is 18.4 Å². The zero-order chi connectivity index (χ0) is 26.8. The fourth-order valence-corrected chi connectivity index (χ4v) is 4.61. The number of hydrogen-bond acceptors (Lipinski definition) is 13. The molecule has 6 N–H and O–H groups in total. The topological polar surface area (TPSA) is 256 Å². The number of methoxy groups -OCH3 is 2. The number of nitrogens with zero attached hydrogens (tertiary/aromatic N) is 3. The number of carboxylic acids is 1. The molecule has 0 spiro atoms. The summed E-state index contributed by atoms with van der Waals surface area (Å²) in [6.07, 6.45) is -0.598. The number of carbonyl (C=O) groups is 3. The number of carbonyl (C=O) groups excluding carboxylic acids is 2. The van der Waals surface area contributed by atoms with Crippen LogP contribution in [-0.2, 0) is 24.1 Å². The number of aliphatic carboxylic acids is 1. The van der Waals surface area contributed by atoms with Crippen LogP contribution >= 0.6 is 18.9 Å².